The molecule has 0 aliphatic heterocycles. The predicted molar refractivity (Wildman–Crippen MR) is 68.9 cm³/mol. The van der Waals surface area contributed by atoms with E-state index in [4.69, 9.17) is 10.5 Å². The maximum atomic E-state index is 13.6. The van der Waals surface area contributed by atoms with Crippen LogP contribution in [0.5, 0.6) is 5.75 Å². The van der Waals surface area contributed by atoms with Crippen molar-refractivity contribution in [1.29, 1.82) is 0 Å². The van der Waals surface area contributed by atoms with Gasteiger partial charge in [0.25, 0.3) is 0 Å². The van der Waals surface area contributed by atoms with E-state index in [1.54, 1.807) is 6.07 Å². The van der Waals surface area contributed by atoms with Crippen molar-refractivity contribution in [3.8, 4) is 5.75 Å². The molecule has 2 rings (SSSR count). The first kappa shape index (κ1) is 12.4. The van der Waals surface area contributed by atoms with E-state index in [-0.39, 0.29) is 12.4 Å². The number of hydrogen-bond donors (Lipinski definition) is 1. The van der Waals surface area contributed by atoms with Crippen LogP contribution in [0.4, 0.5) is 10.1 Å². The second-order valence-electron chi connectivity index (χ2n) is 4.20. The number of aromatic nitrogens is 1. The number of aryl methyl sites for hydroxylation is 2. The van der Waals surface area contributed by atoms with Gasteiger partial charge in [0, 0.05) is 17.4 Å². The summed E-state index contributed by atoms with van der Waals surface area (Å²) < 4.78 is 19.0. The van der Waals surface area contributed by atoms with Gasteiger partial charge < -0.3 is 10.5 Å². The van der Waals surface area contributed by atoms with Crippen LogP contribution < -0.4 is 10.5 Å². The molecule has 0 amide bonds. The fourth-order valence-corrected chi connectivity index (χ4v) is 1.61. The van der Waals surface area contributed by atoms with E-state index in [9.17, 15) is 4.39 Å². The number of hydrogen-bond acceptors (Lipinski definition) is 3. The Kier molecular flexibility index (Phi) is 3.46. The Balaban J connectivity index is 2.13. The van der Waals surface area contributed by atoms with Crippen LogP contribution in [0.1, 0.15) is 17.0 Å². The van der Waals surface area contributed by atoms with Crippen LogP contribution in [0.15, 0.2) is 30.3 Å². The summed E-state index contributed by atoms with van der Waals surface area (Å²) in [6.07, 6.45) is 0. The van der Waals surface area contributed by atoms with Gasteiger partial charge in [0.1, 0.15) is 6.61 Å². The van der Waals surface area contributed by atoms with Gasteiger partial charge in [-0.2, -0.15) is 0 Å². The summed E-state index contributed by atoms with van der Waals surface area (Å²) in [4.78, 5) is 4.29. The zero-order valence-corrected chi connectivity index (χ0v) is 10.4. The molecular weight excluding hydrogens is 231 g/mol. The third-order valence-electron chi connectivity index (χ3n) is 2.64. The summed E-state index contributed by atoms with van der Waals surface area (Å²) in [5.41, 5.74) is 8.50. The number of nitrogens with two attached hydrogens (primary N) is 1. The molecule has 1 aromatic carbocycles. The SMILES string of the molecule is Cc1cccc(COc2cc(C)c(N)cc2F)n1. The van der Waals surface area contributed by atoms with E-state index in [1.807, 2.05) is 32.0 Å². The van der Waals surface area contributed by atoms with Gasteiger partial charge in [-0.3, -0.25) is 4.98 Å². The molecule has 0 radical (unpaired) electrons. The first-order valence-corrected chi connectivity index (χ1v) is 5.67. The van der Waals surface area contributed by atoms with Gasteiger partial charge in [-0.25, -0.2) is 4.39 Å². The summed E-state index contributed by atoms with van der Waals surface area (Å²) in [5.74, 6) is -0.254. The third kappa shape index (κ3) is 2.77. The maximum Gasteiger partial charge on any atom is 0.167 e. The van der Waals surface area contributed by atoms with E-state index in [2.05, 4.69) is 4.98 Å². The van der Waals surface area contributed by atoms with Gasteiger partial charge in [-0.15, -0.1) is 0 Å². The lowest BCUT2D eigenvalue weighted by atomic mass is 10.2. The largest absolute Gasteiger partial charge is 0.484 e. The van der Waals surface area contributed by atoms with Crippen LogP contribution in [0.25, 0.3) is 0 Å². The minimum Gasteiger partial charge on any atom is -0.484 e. The quantitative estimate of drug-likeness (QED) is 0.847. The van der Waals surface area contributed by atoms with Crippen LogP contribution in [0.3, 0.4) is 0 Å². The Hall–Kier alpha value is -2.10. The van der Waals surface area contributed by atoms with E-state index < -0.39 is 5.82 Å². The topological polar surface area (TPSA) is 48.1 Å². The Labute approximate surface area is 105 Å². The molecule has 1 aromatic heterocycles. The number of pyridine rings is 1. The highest BCUT2D eigenvalue weighted by atomic mass is 19.1. The summed E-state index contributed by atoms with van der Waals surface area (Å²) in [6, 6.07) is 8.51. The Morgan fingerprint density at radius 1 is 1.28 bits per heavy atom. The zero-order valence-electron chi connectivity index (χ0n) is 10.4. The molecule has 0 bridgehead atoms. The van der Waals surface area contributed by atoms with Gasteiger partial charge in [0.05, 0.1) is 5.69 Å². The minimum atomic E-state index is -0.453. The Morgan fingerprint density at radius 2 is 2.06 bits per heavy atom. The van der Waals surface area contributed by atoms with Crippen LogP contribution >= 0.6 is 0 Å². The lowest BCUT2D eigenvalue weighted by molar-refractivity contribution is 0.285. The molecule has 0 aliphatic rings. The van der Waals surface area contributed by atoms with Crippen molar-refractivity contribution in [3.05, 3.63) is 53.1 Å². The third-order valence-corrected chi connectivity index (χ3v) is 2.64. The van der Waals surface area contributed by atoms with Crippen molar-refractivity contribution in [2.24, 2.45) is 0 Å². The summed E-state index contributed by atoms with van der Waals surface area (Å²) in [6.45, 7) is 3.95. The van der Waals surface area contributed by atoms with Crippen molar-refractivity contribution in [2.75, 3.05) is 5.73 Å². The van der Waals surface area contributed by atoms with E-state index in [0.29, 0.717) is 5.69 Å². The Morgan fingerprint density at radius 3 is 2.78 bits per heavy atom. The van der Waals surface area contributed by atoms with Crippen LogP contribution in [0, 0.1) is 19.7 Å². The molecule has 2 N–H and O–H groups in total. The van der Waals surface area contributed by atoms with E-state index >= 15 is 0 Å². The highest BCUT2D eigenvalue weighted by Gasteiger charge is 2.07. The monoisotopic (exact) mass is 246 g/mol. The average molecular weight is 246 g/mol. The molecule has 3 nitrogen and oxygen atoms in total. The van der Waals surface area contributed by atoms with E-state index in [0.717, 1.165) is 17.0 Å². The summed E-state index contributed by atoms with van der Waals surface area (Å²) in [7, 11) is 0. The van der Waals surface area contributed by atoms with E-state index in [1.165, 1.54) is 6.07 Å². The fourth-order valence-electron chi connectivity index (χ4n) is 1.61. The smallest absolute Gasteiger partial charge is 0.167 e. The van der Waals surface area contributed by atoms with Gasteiger partial charge in [0.15, 0.2) is 11.6 Å². The molecule has 0 saturated carbocycles. The normalized spacial score (nSPS) is 10.4. The van der Waals surface area contributed by atoms with Gasteiger partial charge in [-0.05, 0) is 37.6 Å². The van der Waals surface area contributed by atoms with Crippen molar-refractivity contribution >= 4 is 5.69 Å². The highest BCUT2D eigenvalue weighted by Crippen LogP contribution is 2.24. The number of nitrogen functional groups attached to an aromatic ring is 1. The van der Waals surface area contributed by atoms with Crippen molar-refractivity contribution in [2.45, 2.75) is 20.5 Å². The van der Waals surface area contributed by atoms with Gasteiger partial charge in [0.2, 0.25) is 0 Å². The molecule has 1 heterocycles. The van der Waals surface area contributed by atoms with Gasteiger partial charge in [-0.1, -0.05) is 6.07 Å². The number of nitrogens with zero attached hydrogens (tertiary/aromatic N) is 1. The van der Waals surface area contributed by atoms with Crippen molar-refractivity contribution in [3.63, 3.8) is 0 Å². The summed E-state index contributed by atoms with van der Waals surface area (Å²) >= 11 is 0. The molecule has 0 saturated heterocycles. The lowest BCUT2D eigenvalue weighted by Gasteiger charge is -2.09. The maximum absolute atomic E-state index is 13.6. The average Bonchev–Trinajstić information content (AvgIpc) is 2.32. The summed E-state index contributed by atoms with van der Waals surface area (Å²) in [5, 5.41) is 0. The molecule has 2 aromatic rings. The Bertz CT molecular complexity index is 570. The molecule has 94 valence electrons. The molecule has 4 heteroatoms. The fraction of sp³-hybridized carbons (Fsp3) is 0.214. The van der Waals surface area contributed by atoms with Crippen LogP contribution in [-0.4, -0.2) is 4.98 Å². The second-order valence-corrected chi connectivity index (χ2v) is 4.20. The lowest BCUT2D eigenvalue weighted by Crippen LogP contribution is -2.02. The standard InChI is InChI=1S/C14H15FN2O/c1-9-6-14(12(15)7-13(9)16)18-8-11-5-3-4-10(2)17-11/h3-7H,8,16H2,1-2H3. The molecular formula is C14H15FN2O. The zero-order chi connectivity index (χ0) is 13.1. The van der Waals surface area contributed by atoms with Crippen molar-refractivity contribution < 1.29 is 9.13 Å². The number of halogens is 1. The number of rotatable bonds is 3. The predicted octanol–water partition coefficient (Wildman–Crippen LogP) is 3.00. The van der Waals surface area contributed by atoms with Crippen molar-refractivity contribution in [1.82, 2.24) is 4.98 Å². The molecule has 0 atom stereocenters. The molecule has 0 spiro atoms. The molecule has 0 unspecified atom stereocenters. The minimum absolute atomic E-state index is 0.199. The highest BCUT2D eigenvalue weighted by molar-refractivity contribution is 5.50. The van der Waals surface area contributed by atoms with Gasteiger partial charge >= 0.3 is 0 Å². The first-order valence-electron chi connectivity index (χ1n) is 5.67. The molecule has 0 aliphatic carbocycles. The number of ether oxygens (including phenoxy) is 1. The molecule has 18 heavy (non-hydrogen) atoms. The molecule has 0 fully saturated rings. The van der Waals surface area contributed by atoms with Crippen LogP contribution in [0.2, 0.25) is 0 Å². The van der Waals surface area contributed by atoms with Crippen LogP contribution in [-0.2, 0) is 6.61 Å². The number of anilines is 1. The second kappa shape index (κ2) is 5.04. The number of benzene rings is 1. The first-order chi connectivity index (χ1) is 8.56.